The normalized spacial score (nSPS) is 18.3. The van der Waals surface area contributed by atoms with Gasteiger partial charge in [0.25, 0.3) is 0 Å². The van der Waals surface area contributed by atoms with Gasteiger partial charge in [-0.05, 0) is 32.3 Å². The van der Waals surface area contributed by atoms with Gasteiger partial charge < -0.3 is 4.90 Å². The molecule has 0 N–H and O–H groups in total. The summed E-state index contributed by atoms with van der Waals surface area (Å²) in [5, 5.41) is 0.860. The molecule has 0 aliphatic carbocycles. The number of nitrogens with zero attached hydrogens (tertiary/aromatic N) is 3. The van der Waals surface area contributed by atoms with Gasteiger partial charge in [-0.25, -0.2) is 9.97 Å². The van der Waals surface area contributed by atoms with E-state index in [4.69, 9.17) is 23.2 Å². The van der Waals surface area contributed by atoms with E-state index in [1.54, 1.807) is 0 Å². The lowest BCUT2D eigenvalue weighted by Crippen LogP contribution is -2.25. The maximum absolute atomic E-state index is 6.15. The zero-order valence-corrected chi connectivity index (χ0v) is 13.6. The van der Waals surface area contributed by atoms with Crippen molar-refractivity contribution >= 4 is 29.2 Å². The molecule has 0 amide bonds. The van der Waals surface area contributed by atoms with E-state index in [2.05, 4.69) is 46.1 Å². The SMILES string of the molecule is Cc1ccc(C2CCCN2c2nc(Cl)c(C)c(Cl)n2)cc1. The number of hydrogen-bond donors (Lipinski definition) is 0. The minimum atomic E-state index is 0.292. The lowest BCUT2D eigenvalue weighted by molar-refractivity contribution is 0.701. The highest BCUT2D eigenvalue weighted by Gasteiger charge is 2.28. The summed E-state index contributed by atoms with van der Waals surface area (Å²) >= 11 is 12.3. The Morgan fingerprint density at radius 1 is 1.05 bits per heavy atom. The smallest absolute Gasteiger partial charge is 0.228 e. The Morgan fingerprint density at radius 2 is 1.67 bits per heavy atom. The molecular formula is C16H17Cl2N3. The van der Waals surface area contributed by atoms with E-state index in [-0.39, 0.29) is 0 Å². The first kappa shape index (κ1) is 14.6. The molecule has 1 aromatic carbocycles. The predicted octanol–water partition coefficient (Wildman–Crippen LogP) is 4.74. The molecule has 0 spiro atoms. The monoisotopic (exact) mass is 321 g/mol. The molecule has 21 heavy (non-hydrogen) atoms. The number of benzene rings is 1. The van der Waals surface area contributed by atoms with E-state index < -0.39 is 0 Å². The molecule has 0 saturated carbocycles. The van der Waals surface area contributed by atoms with Crippen LogP contribution in [0.2, 0.25) is 10.3 Å². The van der Waals surface area contributed by atoms with Crippen LogP contribution in [-0.4, -0.2) is 16.5 Å². The van der Waals surface area contributed by atoms with Crippen molar-refractivity contribution in [2.24, 2.45) is 0 Å². The lowest BCUT2D eigenvalue weighted by Gasteiger charge is -2.25. The summed E-state index contributed by atoms with van der Waals surface area (Å²) in [6.07, 6.45) is 2.21. The molecule has 1 atom stereocenters. The first-order valence-electron chi connectivity index (χ1n) is 7.09. The summed E-state index contributed by atoms with van der Waals surface area (Å²) < 4.78 is 0. The highest BCUT2D eigenvalue weighted by Crippen LogP contribution is 2.36. The summed E-state index contributed by atoms with van der Waals surface area (Å²) in [7, 11) is 0. The van der Waals surface area contributed by atoms with Gasteiger partial charge in [-0.2, -0.15) is 0 Å². The van der Waals surface area contributed by atoms with Crippen LogP contribution >= 0.6 is 23.2 Å². The van der Waals surface area contributed by atoms with E-state index in [1.807, 2.05) is 6.92 Å². The number of hydrogen-bond acceptors (Lipinski definition) is 3. The van der Waals surface area contributed by atoms with Crippen LogP contribution in [0.3, 0.4) is 0 Å². The predicted molar refractivity (Wildman–Crippen MR) is 87.3 cm³/mol. The molecular weight excluding hydrogens is 305 g/mol. The third-order valence-electron chi connectivity index (χ3n) is 3.99. The zero-order valence-electron chi connectivity index (χ0n) is 12.1. The first-order chi connectivity index (χ1) is 10.1. The minimum Gasteiger partial charge on any atom is -0.334 e. The standard InChI is InChI=1S/C16H17Cl2N3/c1-10-5-7-12(8-6-10)13-4-3-9-21(13)16-19-14(17)11(2)15(18)20-16/h5-8,13H,3-4,9H2,1-2H3. The van der Waals surface area contributed by atoms with Crippen molar-refractivity contribution in [3.8, 4) is 0 Å². The molecule has 2 aromatic rings. The Morgan fingerprint density at radius 3 is 2.29 bits per heavy atom. The number of aromatic nitrogens is 2. The quantitative estimate of drug-likeness (QED) is 0.748. The Hall–Kier alpha value is -1.32. The summed E-state index contributed by atoms with van der Waals surface area (Å²) in [6.45, 7) is 4.85. The average molecular weight is 322 g/mol. The van der Waals surface area contributed by atoms with E-state index >= 15 is 0 Å². The minimum absolute atomic E-state index is 0.292. The molecule has 1 saturated heterocycles. The lowest BCUT2D eigenvalue weighted by atomic mass is 10.0. The van der Waals surface area contributed by atoms with Crippen LogP contribution in [0.1, 0.15) is 35.6 Å². The molecule has 1 aliphatic heterocycles. The molecule has 0 bridgehead atoms. The second kappa shape index (κ2) is 5.82. The van der Waals surface area contributed by atoms with Gasteiger partial charge in [-0.1, -0.05) is 53.0 Å². The fourth-order valence-corrected chi connectivity index (χ4v) is 3.10. The van der Waals surface area contributed by atoms with Crippen molar-refractivity contribution in [2.45, 2.75) is 32.7 Å². The van der Waals surface area contributed by atoms with Crippen LogP contribution in [-0.2, 0) is 0 Å². The van der Waals surface area contributed by atoms with E-state index in [9.17, 15) is 0 Å². The van der Waals surface area contributed by atoms with Crippen molar-refractivity contribution in [1.29, 1.82) is 0 Å². The third kappa shape index (κ3) is 2.85. The first-order valence-corrected chi connectivity index (χ1v) is 7.84. The van der Waals surface area contributed by atoms with Crippen LogP contribution in [0.25, 0.3) is 0 Å². The fourth-order valence-electron chi connectivity index (χ4n) is 2.72. The van der Waals surface area contributed by atoms with Crippen LogP contribution < -0.4 is 4.90 Å². The average Bonchev–Trinajstić information content (AvgIpc) is 2.94. The molecule has 1 fully saturated rings. The number of anilines is 1. The van der Waals surface area contributed by atoms with Crippen molar-refractivity contribution in [3.63, 3.8) is 0 Å². The molecule has 1 aliphatic rings. The van der Waals surface area contributed by atoms with Gasteiger partial charge in [0.2, 0.25) is 5.95 Å². The molecule has 1 unspecified atom stereocenters. The van der Waals surface area contributed by atoms with Crippen molar-refractivity contribution in [3.05, 3.63) is 51.3 Å². The molecule has 110 valence electrons. The maximum atomic E-state index is 6.15. The molecule has 3 nitrogen and oxygen atoms in total. The second-order valence-electron chi connectivity index (χ2n) is 5.49. The second-order valence-corrected chi connectivity index (χ2v) is 6.21. The van der Waals surface area contributed by atoms with Crippen LogP contribution in [0.4, 0.5) is 5.95 Å². The topological polar surface area (TPSA) is 29.0 Å². The number of aryl methyl sites for hydroxylation is 1. The maximum Gasteiger partial charge on any atom is 0.228 e. The van der Waals surface area contributed by atoms with Crippen LogP contribution in [0.5, 0.6) is 0 Å². The molecule has 5 heteroatoms. The fraction of sp³-hybridized carbons (Fsp3) is 0.375. The van der Waals surface area contributed by atoms with Gasteiger partial charge in [0.05, 0.1) is 6.04 Å². The van der Waals surface area contributed by atoms with Crippen LogP contribution in [0.15, 0.2) is 24.3 Å². The number of rotatable bonds is 2. The van der Waals surface area contributed by atoms with Crippen molar-refractivity contribution < 1.29 is 0 Å². The molecule has 1 aromatic heterocycles. The summed E-state index contributed by atoms with van der Waals surface area (Å²) in [5.41, 5.74) is 3.28. The largest absolute Gasteiger partial charge is 0.334 e. The Bertz CT molecular complexity index is 632. The third-order valence-corrected chi connectivity index (χ3v) is 4.72. The van der Waals surface area contributed by atoms with E-state index in [1.165, 1.54) is 11.1 Å². The van der Waals surface area contributed by atoms with E-state index in [0.29, 0.717) is 22.3 Å². The van der Waals surface area contributed by atoms with Crippen LogP contribution in [0, 0.1) is 13.8 Å². The number of halogens is 2. The van der Waals surface area contributed by atoms with Crippen molar-refractivity contribution in [1.82, 2.24) is 9.97 Å². The van der Waals surface area contributed by atoms with E-state index in [0.717, 1.165) is 24.9 Å². The highest BCUT2D eigenvalue weighted by molar-refractivity contribution is 6.34. The Balaban J connectivity index is 1.95. The van der Waals surface area contributed by atoms with Gasteiger partial charge in [-0.15, -0.1) is 0 Å². The van der Waals surface area contributed by atoms with Gasteiger partial charge in [0.1, 0.15) is 10.3 Å². The summed E-state index contributed by atoms with van der Waals surface area (Å²) in [6, 6.07) is 8.93. The van der Waals surface area contributed by atoms with Gasteiger partial charge in [-0.3, -0.25) is 0 Å². The van der Waals surface area contributed by atoms with Gasteiger partial charge in [0.15, 0.2) is 0 Å². The molecule has 3 rings (SSSR count). The zero-order chi connectivity index (χ0) is 15.0. The Labute approximate surface area is 134 Å². The summed E-state index contributed by atoms with van der Waals surface area (Å²) in [4.78, 5) is 11.0. The Kier molecular flexibility index (Phi) is 4.05. The molecule has 0 radical (unpaired) electrons. The highest BCUT2D eigenvalue weighted by atomic mass is 35.5. The molecule has 2 heterocycles. The summed E-state index contributed by atoms with van der Waals surface area (Å²) in [5.74, 6) is 0.624. The van der Waals surface area contributed by atoms with Gasteiger partial charge in [0, 0.05) is 12.1 Å². The van der Waals surface area contributed by atoms with Gasteiger partial charge >= 0.3 is 0 Å². The van der Waals surface area contributed by atoms with Crippen molar-refractivity contribution in [2.75, 3.05) is 11.4 Å².